The van der Waals surface area contributed by atoms with Crippen LogP contribution in [0.1, 0.15) is 34.1 Å². The van der Waals surface area contributed by atoms with Gasteiger partial charge in [-0.1, -0.05) is 27.7 Å². The predicted molar refractivity (Wildman–Crippen MR) is 73.1 cm³/mol. The van der Waals surface area contributed by atoms with Crippen LogP contribution in [0.25, 0.3) is 0 Å². The summed E-state index contributed by atoms with van der Waals surface area (Å²) in [5.74, 6) is 0.211. The van der Waals surface area contributed by atoms with E-state index in [-0.39, 0.29) is 23.8 Å². The minimum absolute atomic E-state index is 0.0606. The molecule has 0 bridgehead atoms. The van der Waals surface area contributed by atoms with E-state index in [0.717, 1.165) is 6.42 Å². The Hall–Kier alpha value is -1.10. The van der Waals surface area contributed by atoms with E-state index in [0.29, 0.717) is 5.92 Å². The van der Waals surface area contributed by atoms with E-state index in [1.807, 2.05) is 13.8 Å². The largest absolute Gasteiger partial charge is 0.357 e. The molecule has 18 heavy (non-hydrogen) atoms. The first kappa shape index (κ1) is 16.9. The van der Waals surface area contributed by atoms with Gasteiger partial charge < -0.3 is 16.0 Å². The lowest BCUT2D eigenvalue weighted by atomic mass is 10.00. The molecular weight excluding hydrogens is 230 g/mol. The minimum atomic E-state index is -0.481. The van der Waals surface area contributed by atoms with E-state index >= 15 is 0 Å². The van der Waals surface area contributed by atoms with E-state index in [9.17, 15) is 9.59 Å². The van der Waals surface area contributed by atoms with Gasteiger partial charge in [-0.05, 0) is 25.3 Å². The van der Waals surface area contributed by atoms with Crippen molar-refractivity contribution in [2.45, 2.75) is 46.2 Å². The molecule has 5 nitrogen and oxygen atoms in total. The van der Waals surface area contributed by atoms with Crippen LogP contribution >= 0.6 is 0 Å². The van der Waals surface area contributed by atoms with Gasteiger partial charge in [0.2, 0.25) is 11.8 Å². The number of hydrogen-bond acceptors (Lipinski definition) is 3. The minimum Gasteiger partial charge on any atom is -0.357 e. The van der Waals surface area contributed by atoms with Gasteiger partial charge >= 0.3 is 0 Å². The molecule has 0 radical (unpaired) electrons. The monoisotopic (exact) mass is 257 g/mol. The van der Waals surface area contributed by atoms with Gasteiger partial charge in [-0.25, -0.2) is 0 Å². The fraction of sp³-hybridized carbons (Fsp3) is 0.846. The molecule has 2 atom stereocenters. The first-order valence-corrected chi connectivity index (χ1v) is 6.52. The molecule has 0 rings (SSSR count). The second-order valence-electron chi connectivity index (χ2n) is 5.32. The summed E-state index contributed by atoms with van der Waals surface area (Å²) in [6, 6.07) is -0.735. The summed E-state index contributed by atoms with van der Waals surface area (Å²) in [6.07, 6.45) is 0.751. The second kappa shape index (κ2) is 8.08. The molecule has 2 amide bonds. The maximum atomic E-state index is 12.1. The van der Waals surface area contributed by atoms with Crippen molar-refractivity contribution in [2.24, 2.45) is 11.8 Å². The Balaban J connectivity index is 4.61. The summed E-state index contributed by atoms with van der Waals surface area (Å²) in [7, 11) is 3.34. The van der Waals surface area contributed by atoms with Crippen LogP contribution in [0.5, 0.6) is 0 Å². The van der Waals surface area contributed by atoms with Crippen molar-refractivity contribution in [2.75, 3.05) is 14.1 Å². The summed E-state index contributed by atoms with van der Waals surface area (Å²) in [6.45, 7) is 7.96. The highest BCUT2D eigenvalue weighted by Gasteiger charge is 2.26. The lowest BCUT2D eigenvalue weighted by Crippen LogP contribution is -2.54. The highest BCUT2D eigenvalue weighted by Crippen LogP contribution is 2.07. The van der Waals surface area contributed by atoms with Gasteiger partial charge in [-0.2, -0.15) is 0 Å². The summed E-state index contributed by atoms with van der Waals surface area (Å²) in [5.41, 5.74) is 0. The number of carbonyl (C=O) groups excluding carboxylic acids is 2. The van der Waals surface area contributed by atoms with Crippen molar-refractivity contribution in [3.8, 4) is 0 Å². The molecule has 0 heterocycles. The van der Waals surface area contributed by atoms with Gasteiger partial charge in [0.25, 0.3) is 0 Å². The number of hydrogen-bond donors (Lipinski definition) is 3. The first-order chi connectivity index (χ1) is 8.33. The molecule has 5 heteroatoms. The van der Waals surface area contributed by atoms with Crippen LogP contribution in [0.4, 0.5) is 0 Å². The lowest BCUT2D eigenvalue weighted by molar-refractivity contribution is -0.130. The average molecular weight is 257 g/mol. The van der Waals surface area contributed by atoms with E-state index < -0.39 is 6.04 Å². The third-order valence-corrected chi connectivity index (χ3v) is 2.87. The van der Waals surface area contributed by atoms with Crippen molar-refractivity contribution in [3.63, 3.8) is 0 Å². The fourth-order valence-electron chi connectivity index (χ4n) is 1.77. The zero-order valence-corrected chi connectivity index (χ0v) is 12.3. The van der Waals surface area contributed by atoms with Gasteiger partial charge in [0, 0.05) is 7.05 Å². The van der Waals surface area contributed by atoms with E-state index in [1.165, 1.54) is 0 Å². The summed E-state index contributed by atoms with van der Waals surface area (Å²) < 4.78 is 0. The SMILES string of the molecule is CNC(=O)[C@H](NC(=O)[C@H](CC(C)C)NC)C(C)C. The lowest BCUT2D eigenvalue weighted by Gasteiger charge is -2.24. The van der Waals surface area contributed by atoms with Crippen LogP contribution in [0, 0.1) is 11.8 Å². The summed E-state index contributed by atoms with van der Waals surface area (Å²) in [5, 5.41) is 8.38. The molecule has 3 N–H and O–H groups in total. The Kier molecular flexibility index (Phi) is 7.59. The van der Waals surface area contributed by atoms with E-state index in [4.69, 9.17) is 0 Å². The van der Waals surface area contributed by atoms with Crippen LogP contribution in [0.2, 0.25) is 0 Å². The molecule has 0 spiro atoms. The highest BCUT2D eigenvalue weighted by atomic mass is 16.2. The molecule has 0 unspecified atom stereocenters. The van der Waals surface area contributed by atoms with Crippen LogP contribution in [0.15, 0.2) is 0 Å². The van der Waals surface area contributed by atoms with Crippen molar-refractivity contribution < 1.29 is 9.59 Å². The van der Waals surface area contributed by atoms with Gasteiger partial charge in [-0.15, -0.1) is 0 Å². The molecule has 0 aliphatic heterocycles. The van der Waals surface area contributed by atoms with Gasteiger partial charge in [0.1, 0.15) is 6.04 Å². The molecule has 0 aliphatic carbocycles. The topological polar surface area (TPSA) is 70.2 Å². The van der Waals surface area contributed by atoms with Crippen LogP contribution < -0.4 is 16.0 Å². The molecule has 0 aromatic heterocycles. The van der Waals surface area contributed by atoms with E-state index in [1.54, 1.807) is 14.1 Å². The Labute approximate surface area is 110 Å². The van der Waals surface area contributed by atoms with Crippen LogP contribution in [0.3, 0.4) is 0 Å². The predicted octanol–water partition coefficient (Wildman–Crippen LogP) is 0.507. The number of rotatable bonds is 7. The number of carbonyl (C=O) groups is 2. The van der Waals surface area contributed by atoms with Gasteiger partial charge in [0.05, 0.1) is 6.04 Å². The Morgan fingerprint density at radius 1 is 1.00 bits per heavy atom. The molecular formula is C13H27N3O2. The normalized spacial score (nSPS) is 14.4. The third kappa shape index (κ3) is 5.49. The van der Waals surface area contributed by atoms with Crippen molar-refractivity contribution in [1.82, 2.24) is 16.0 Å². The van der Waals surface area contributed by atoms with Crippen molar-refractivity contribution in [1.29, 1.82) is 0 Å². The van der Waals surface area contributed by atoms with Crippen LogP contribution in [-0.2, 0) is 9.59 Å². The summed E-state index contributed by atoms with van der Waals surface area (Å²) in [4.78, 5) is 23.8. The van der Waals surface area contributed by atoms with Crippen LogP contribution in [-0.4, -0.2) is 38.0 Å². The Morgan fingerprint density at radius 3 is 1.89 bits per heavy atom. The van der Waals surface area contributed by atoms with Crippen molar-refractivity contribution >= 4 is 11.8 Å². The average Bonchev–Trinajstić information content (AvgIpc) is 2.30. The van der Waals surface area contributed by atoms with E-state index in [2.05, 4.69) is 29.8 Å². The molecule has 106 valence electrons. The maximum absolute atomic E-state index is 12.1. The maximum Gasteiger partial charge on any atom is 0.242 e. The zero-order chi connectivity index (χ0) is 14.3. The number of amides is 2. The third-order valence-electron chi connectivity index (χ3n) is 2.87. The van der Waals surface area contributed by atoms with Gasteiger partial charge in [0.15, 0.2) is 0 Å². The zero-order valence-electron chi connectivity index (χ0n) is 12.3. The second-order valence-corrected chi connectivity index (χ2v) is 5.32. The molecule has 0 aromatic rings. The molecule has 0 saturated carbocycles. The smallest absolute Gasteiger partial charge is 0.242 e. The quantitative estimate of drug-likeness (QED) is 0.622. The highest BCUT2D eigenvalue weighted by molar-refractivity contribution is 5.89. The van der Waals surface area contributed by atoms with Crippen molar-refractivity contribution in [3.05, 3.63) is 0 Å². The molecule has 0 aromatic carbocycles. The Bertz CT molecular complexity index is 277. The molecule has 0 aliphatic rings. The summed E-state index contributed by atoms with van der Waals surface area (Å²) >= 11 is 0. The number of nitrogens with one attached hydrogen (secondary N) is 3. The van der Waals surface area contributed by atoms with Gasteiger partial charge in [-0.3, -0.25) is 9.59 Å². The number of likely N-dealkylation sites (N-methyl/N-ethyl adjacent to an activating group) is 2. The fourth-order valence-corrected chi connectivity index (χ4v) is 1.77. The Morgan fingerprint density at radius 2 is 1.56 bits per heavy atom. The standard InChI is InChI=1S/C13H27N3O2/c1-8(2)7-10(14-5)12(17)16-11(9(3)4)13(18)15-6/h8-11,14H,7H2,1-6H3,(H,15,18)(H,16,17)/t10-,11+/m0/s1. The first-order valence-electron chi connectivity index (χ1n) is 6.52. The molecule has 0 fully saturated rings. The molecule has 0 saturated heterocycles.